The average Bonchev–Trinajstić information content (AvgIpc) is 2.84. The van der Waals surface area contributed by atoms with Crippen LogP contribution in [0.25, 0.3) is 0 Å². The molecule has 0 radical (unpaired) electrons. The van der Waals surface area contributed by atoms with Crippen LogP contribution in [0.2, 0.25) is 10.0 Å². The van der Waals surface area contributed by atoms with Crippen LogP contribution in [-0.2, 0) is 5.60 Å². The summed E-state index contributed by atoms with van der Waals surface area (Å²) < 4.78 is 0. The van der Waals surface area contributed by atoms with Crippen molar-refractivity contribution in [1.29, 1.82) is 10.5 Å². The van der Waals surface area contributed by atoms with Crippen molar-refractivity contribution < 1.29 is 5.11 Å². The molecule has 1 N–H and O–H groups in total. The van der Waals surface area contributed by atoms with Crippen LogP contribution in [0.1, 0.15) is 35.2 Å². The number of nitriles is 2. The van der Waals surface area contributed by atoms with Crippen LogP contribution in [0.15, 0.2) is 66.7 Å². The Morgan fingerprint density at radius 3 is 2.35 bits per heavy atom. The van der Waals surface area contributed by atoms with Crippen molar-refractivity contribution in [2.24, 2.45) is 0 Å². The molecule has 1 aliphatic rings. The number of β-amino-alcohol motifs (C(OH)–C–C–N with tert-alkyl or cyclic N) is 1. The minimum absolute atomic E-state index is 0.0299. The van der Waals surface area contributed by atoms with E-state index < -0.39 is 5.60 Å². The molecule has 172 valence electrons. The van der Waals surface area contributed by atoms with Gasteiger partial charge in [0.15, 0.2) is 0 Å². The number of piperazine rings is 1. The molecule has 4 rings (SSSR count). The molecule has 1 aliphatic heterocycles. The average molecular weight is 491 g/mol. The first kappa shape index (κ1) is 24.1. The van der Waals surface area contributed by atoms with Gasteiger partial charge in [-0.25, -0.2) is 0 Å². The lowest BCUT2D eigenvalue weighted by Crippen LogP contribution is -2.52. The number of benzene rings is 3. The molecule has 1 fully saturated rings. The highest BCUT2D eigenvalue weighted by atomic mass is 35.5. The summed E-state index contributed by atoms with van der Waals surface area (Å²) in [6.07, 6.45) is 0. The molecule has 3 aromatic rings. The standard InChI is InChI=1S/C27H24Cl2N4O/c1-27(34,22-4-2-3-19(13-22)15-30)18-32-11-12-33(25-10-5-20(16-31)14-24(25)29)26(17-32)21-6-8-23(28)9-7-21/h2-10,13-14,26,34H,11-12,17-18H2,1H3/t26-,27+/m0/s1. The summed E-state index contributed by atoms with van der Waals surface area (Å²) in [6.45, 7) is 4.26. The number of hydrogen-bond acceptors (Lipinski definition) is 5. The molecule has 0 bridgehead atoms. The second kappa shape index (κ2) is 10.1. The lowest BCUT2D eigenvalue weighted by molar-refractivity contribution is 0.0103. The minimum atomic E-state index is -1.12. The zero-order valence-corrected chi connectivity index (χ0v) is 20.3. The first-order valence-corrected chi connectivity index (χ1v) is 11.7. The minimum Gasteiger partial charge on any atom is -0.384 e. The molecule has 1 heterocycles. The first-order valence-electron chi connectivity index (χ1n) is 11.0. The van der Waals surface area contributed by atoms with E-state index in [1.165, 1.54) is 0 Å². The van der Waals surface area contributed by atoms with Crippen molar-refractivity contribution in [3.8, 4) is 12.1 Å². The molecule has 0 aromatic heterocycles. The second-order valence-corrected chi connectivity index (χ2v) is 9.58. The van der Waals surface area contributed by atoms with E-state index in [-0.39, 0.29) is 6.04 Å². The molecular weight excluding hydrogens is 467 g/mol. The van der Waals surface area contributed by atoms with E-state index in [0.29, 0.717) is 52.9 Å². The van der Waals surface area contributed by atoms with Gasteiger partial charge in [0.05, 0.1) is 45.6 Å². The van der Waals surface area contributed by atoms with E-state index in [4.69, 9.17) is 23.2 Å². The SMILES string of the molecule is C[C@@](O)(CN1CCN(c2ccc(C#N)cc2Cl)[C@H](c2ccc(Cl)cc2)C1)c1cccc(C#N)c1. The van der Waals surface area contributed by atoms with E-state index >= 15 is 0 Å². The Labute approximate surface area is 210 Å². The van der Waals surface area contributed by atoms with Crippen LogP contribution in [0.4, 0.5) is 5.69 Å². The Hall–Kier alpha value is -3.06. The van der Waals surface area contributed by atoms with Crippen molar-refractivity contribution in [3.63, 3.8) is 0 Å². The van der Waals surface area contributed by atoms with Crippen LogP contribution in [0.3, 0.4) is 0 Å². The van der Waals surface area contributed by atoms with Gasteiger partial charge in [-0.3, -0.25) is 4.90 Å². The molecular formula is C27H24Cl2N4O. The molecule has 0 unspecified atom stereocenters. The van der Waals surface area contributed by atoms with Gasteiger partial charge in [-0.1, -0.05) is 47.5 Å². The number of halogens is 2. The molecule has 0 amide bonds. The molecule has 0 spiro atoms. The topological polar surface area (TPSA) is 74.3 Å². The van der Waals surface area contributed by atoms with E-state index in [0.717, 1.165) is 11.3 Å². The van der Waals surface area contributed by atoms with Gasteiger partial charge in [0.1, 0.15) is 0 Å². The Bertz CT molecular complexity index is 1260. The van der Waals surface area contributed by atoms with E-state index in [1.54, 1.807) is 37.3 Å². The van der Waals surface area contributed by atoms with Crippen LogP contribution >= 0.6 is 23.2 Å². The van der Waals surface area contributed by atoms with E-state index in [2.05, 4.69) is 21.9 Å². The number of nitrogens with zero attached hydrogens (tertiary/aromatic N) is 4. The van der Waals surface area contributed by atoms with Crippen LogP contribution in [-0.4, -0.2) is 36.2 Å². The van der Waals surface area contributed by atoms with E-state index in [9.17, 15) is 15.6 Å². The predicted molar refractivity (Wildman–Crippen MR) is 135 cm³/mol. The van der Waals surface area contributed by atoms with Crippen LogP contribution in [0.5, 0.6) is 0 Å². The third-order valence-corrected chi connectivity index (χ3v) is 6.81. The quantitative estimate of drug-likeness (QED) is 0.510. The third-order valence-electron chi connectivity index (χ3n) is 6.25. The van der Waals surface area contributed by atoms with Gasteiger partial charge in [0.25, 0.3) is 0 Å². The molecule has 2 atom stereocenters. The predicted octanol–water partition coefficient (Wildman–Crippen LogP) is 5.51. The fourth-order valence-electron chi connectivity index (χ4n) is 4.50. The second-order valence-electron chi connectivity index (χ2n) is 8.74. The number of rotatable bonds is 5. The van der Waals surface area contributed by atoms with Crippen molar-refractivity contribution in [2.45, 2.75) is 18.6 Å². The molecule has 5 nitrogen and oxygen atoms in total. The van der Waals surface area contributed by atoms with Crippen LogP contribution in [0, 0.1) is 22.7 Å². The summed E-state index contributed by atoms with van der Waals surface area (Å²) in [5.41, 5.74) is 2.59. The first-order chi connectivity index (χ1) is 16.3. The fraction of sp³-hybridized carbons (Fsp3) is 0.259. The monoisotopic (exact) mass is 490 g/mol. The molecule has 0 aliphatic carbocycles. The maximum absolute atomic E-state index is 11.3. The van der Waals surface area contributed by atoms with Crippen molar-refractivity contribution in [1.82, 2.24) is 4.90 Å². The third kappa shape index (κ3) is 5.20. The van der Waals surface area contributed by atoms with Gasteiger partial charge in [-0.15, -0.1) is 0 Å². The lowest BCUT2D eigenvalue weighted by Gasteiger charge is -2.45. The summed E-state index contributed by atoms with van der Waals surface area (Å²) in [6, 6.07) is 24.5. The van der Waals surface area contributed by atoms with Crippen molar-refractivity contribution in [2.75, 3.05) is 31.1 Å². The summed E-state index contributed by atoms with van der Waals surface area (Å²) >= 11 is 12.7. The van der Waals surface area contributed by atoms with Gasteiger partial charge in [0.2, 0.25) is 0 Å². The maximum atomic E-state index is 11.3. The van der Waals surface area contributed by atoms with Gasteiger partial charge in [-0.05, 0) is 60.5 Å². The Balaban J connectivity index is 1.62. The number of hydrogen-bond donors (Lipinski definition) is 1. The molecule has 1 saturated heterocycles. The summed E-state index contributed by atoms with van der Waals surface area (Å²) in [7, 11) is 0. The van der Waals surface area contributed by atoms with Gasteiger partial charge in [-0.2, -0.15) is 10.5 Å². The largest absolute Gasteiger partial charge is 0.384 e. The molecule has 7 heteroatoms. The van der Waals surface area contributed by atoms with Gasteiger partial charge >= 0.3 is 0 Å². The smallest absolute Gasteiger partial charge is 0.0995 e. The van der Waals surface area contributed by atoms with E-state index in [1.807, 2.05) is 36.4 Å². The normalized spacial score (nSPS) is 18.1. The van der Waals surface area contributed by atoms with Crippen LogP contribution < -0.4 is 4.90 Å². The summed E-state index contributed by atoms with van der Waals surface area (Å²) in [5.74, 6) is 0. The number of aliphatic hydroxyl groups is 1. The maximum Gasteiger partial charge on any atom is 0.0995 e. The molecule has 0 saturated carbocycles. The van der Waals surface area contributed by atoms with Crippen molar-refractivity contribution in [3.05, 3.63) is 99.0 Å². The Kier molecular flexibility index (Phi) is 7.12. The van der Waals surface area contributed by atoms with Gasteiger partial charge in [0, 0.05) is 31.2 Å². The lowest BCUT2D eigenvalue weighted by atomic mass is 9.92. The highest BCUT2D eigenvalue weighted by Crippen LogP contribution is 2.37. The van der Waals surface area contributed by atoms with Gasteiger partial charge < -0.3 is 10.0 Å². The molecule has 34 heavy (non-hydrogen) atoms. The Morgan fingerprint density at radius 2 is 1.68 bits per heavy atom. The zero-order chi connectivity index (χ0) is 24.3. The highest BCUT2D eigenvalue weighted by Gasteiger charge is 2.34. The molecule has 3 aromatic carbocycles. The summed E-state index contributed by atoms with van der Waals surface area (Å²) in [5, 5.41) is 30.9. The zero-order valence-electron chi connectivity index (χ0n) is 18.7. The van der Waals surface area contributed by atoms with Crippen molar-refractivity contribution >= 4 is 28.9 Å². The Morgan fingerprint density at radius 1 is 0.971 bits per heavy atom. The fourth-order valence-corrected chi connectivity index (χ4v) is 4.92. The summed E-state index contributed by atoms with van der Waals surface area (Å²) in [4.78, 5) is 4.47. The number of anilines is 1. The highest BCUT2D eigenvalue weighted by molar-refractivity contribution is 6.33.